The van der Waals surface area contributed by atoms with Gasteiger partial charge in [-0.1, -0.05) is 6.07 Å². The number of ether oxygens (including phenoxy) is 1. The van der Waals surface area contributed by atoms with Gasteiger partial charge in [0.15, 0.2) is 5.58 Å². The van der Waals surface area contributed by atoms with E-state index >= 15 is 0 Å². The monoisotopic (exact) mass is 557 g/mol. The van der Waals surface area contributed by atoms with Crippen LogP contribution in [0.25, 0.3) is 22.5 Å². The molecule has 0 aliphatic carbocycles. The molecule has 0 saturated carbocycles. The fourth-order valence-corrected chi connectivity index (χ4v) is 6.16. The summed E-state index contributed by atoms with van der Waals surface area (Å²) in [6, 6.07) is 12.9. The van der Waals surface area contributed by atoms with Crippen LogP contribution in [0.4, 0.5) is 0 Å². The van der Waals surface area contributed by atoms with Gasteiger partial charge in [0.2, 0.25) is 22.8 Å². The minimum Gasteiger partial charge on any atom is -0.497 e. The Bertz CT molecular complexity index is 1770. The summed E-state index contributed by atoms with van der Waals surface area (Å²) in [5.74, 6) is 1.09. The number of carbonyl (C=O) groups excluding carboxylic acids is 2. The largest absolute Gasteiger partial charge is 0.497 e. The van der Waals surface area contributed by atoms with E-state index in [4.69, 9.17) is 13.6 Å². The molecule has 10 heteroatoms. The van der Waals surface area contributed by atoms with Crippen LogP contribution in [0, 0.1) is 12.8 Å². The molecule has 0 spiro atoms. The maximum Gasteiger partial charge on any atom is 0.250 e. The smallest absolute Gasteiger partial charge is 0.250 e. The number of aromatic nitrogens is 1. The van der Waals surface area contributed by atoms with Crippen molar-refractivity contribution in [2.24, 2.45) is 5.92 Å². The van der Waals surface area contributed by atoms with Crippen molar-refractivity contribution in [3.63, 3.8) is 0 Å². The minimum absolute atomic E-state index is 0.00980. The molecule has 1 N–H and O–H groups in total. The van der Waals surface area contributed by atoms with Crippen LogP contribution in [0.1, 0.15) is 36.3 Å². The topological polar surface area (TPSA) is 124 Å². The van der Waals surface area contributed by atoms with Crippen LogP contribution >= 0.6 is 0 Å². The maximum atomic E-state index is 13.4. The lowest BCUT2D eigenvalue weighted by Crippen LogP contribution is -2.54. The van der Waals surface area contributed by atoms with Crippen molar-refractivity contribution in [3.05, 3.63) is 86.1 Å². The predicted molar refractivity (Wildman–Crippen MR) is 151 cm³/mol. The second-order valence-corrected chi connectivity index (χ2v) is 10.9. The van der Waals surface area contributed by atoms with Gasteiger partial charge in [-0.05, 0) is 56.5 Å². The number of nitrogens with one attached hydrogen (secondary N) is 1. The molecule has 2 aliphatic heterocycles. The van der Waals surface area contributed by atoms with Gasteiger partial charge in [-0.2, -0.15) is 0 Å². The summed E-state index contributed by atoms with van der Waals surface area (Å²) in [6.45, 7) is 4.95. The summed E-state index contributed by atoms with van der Waals surface area (Å²) in [5, 5.41) is 2.83. The second-order valence-electron chi connectivity index (χ2n) is 10.9. The van der Waals surface area contributed by atoms with Crippen LogP contribution in [-0.2, 0) is 22.6 Å². The van der Waals surface area contributed by atoms with Crippen molar-refractivity contribution in [1.82, 2.24) is 14.8 Å². The molecule has 2 unspecified atom stereocenters. The summed E-state index contributed by atoms with van der Waals surface area (Å²) >= 11 is 0. The number of carbonyl (C=O) groups is 2. The first-order valence-electron chi connectivity index (χ1n) is 13.7. The van der Waals surface area contributed by atoms with E-state index in [2.05, 4.69) is 5.32 Å². The Kier molecular flexibility index (Phi) is 6.76. The highest BCUT2D eigenvalue weighted by atomic mass is 16.5. The number of nitrogens with zero attached hydrogens (tertiary/aromatic N) is 2. The molecule has 2 bridgehead atoms. The Balaban J connectivity index is 1.22. The summed E-state index contributed by atoms with van der Waals surface area (Å²) < 4.78 is 18.9. The molecule has 1 aromatic carbocycles. The first kappa shape index (κ1) is 26.6. The van der Waals surface area contributed by atoms with Gasteiger partial charge in [0.25, 0.3) is 5.56 Å². The van der Waals surface area contributed by atoms with E-state index in [-0.39, 0.29) is 46.3 Å². The molecular weight excluding hydrogens is 526 g/mol. The van der Waals surface area contributed by atoms with Gasteiger partial charge < -0.3 is 28.4 Å². The van der Waals surface area contributed by atoms with Gasteiger partial charge in [0.05, 0.1) is 19.1 Å². The highest BCUT2D eigenvalue weighted by molar-refractivity contribution is 5.92. The van der Waals surface area contributed by atoms with E-state index in [9.17, 15) is 19.2 Å². The van der Waals surface area contributed by atoms with Gasteiger partial charge in [-0.25, -0.2) is 0 Å². The number of fused-ring (bicyclic) bond motifs is 5. The zero-order chi connectivity index (χ0) is 28.8. The lowest BCUT2D eigenvalue weighted by atomic mass is 9.83. The highest BCUT2D eigenvalue weighted by Crippen LogP contribution is 2.36. The van der Waals surface area contributed by atoms with Crippen molar-refractivity contribution in [3.8, 4) is 17.1 Å². The van der Waals surface area contributed by atoms with Crippen molar-refractivity contribution in [1.29, 1.82) is 0 Å². The van der Waals surface area contributed by atoms with Crippen LogP contribution < -0.4 is 21.0 Å². The fourth-order valence-electron chi connectivity index (χ4n) is 6.16. The summed E-state index contributed by atoms with van der Waals surface area (Å²) in [5.41, 5.74) is 1.94. The molecule has 3 aromatic heterocycles. The number of likely N-dealkylation sites (tertiary alicyclic amines) is 1. The SMILES string of the molecule is COc1ccc(-c2oc3c(=O)cc(C)oc3c2CC(=O)N[C@@H](C)C(=O)N2CC3CC(C2)c2cccc(=O)n2C3)cc1. The number of pyridine rings is 1. The number of rotatable bonds is 6. The standard InChI is InChI=1S/C31H31N3O7/c1-17-11-25(35)30-29(40-17)23(28(41-30)20-7-9-22(39-3)10-8-20)13-26(36)32-18(2)31(38)33-14-19-12-21(16-33)24-5-4-6-27(37)34(24)15-19/h4-11,18-19,21H,12-16H2,1-3H3,(H,32,36)/t18-,19?,21?/m0/s1. The number of methoxy groups -OCH3 is 1. The van der Waals surface area contributed by atoms with Crippen molar-refractivity contribution in [2.75, 3.05) is 20.2 Å². The number of furan rings is 1. The summed E-state index contributed by atoms with van der Waals surface area (Å²) in [6.07, 6.45) is 0.778. The molecule has 2 aliphatic rings. The fraction of sp³-hybridized carbons (Fsp3) is 0.355. The highest BCUT2D eigenvalue weighted by Gasteiger charge is 2.37. The molecule has 6 rings (SSSR count). The minimum atomic E-state index is -0.768. The Morgan fingerprint density at radius 3 is 2.59 bits per heavy atom. The van der Waals surface area contributed by atoms with E-state index in [1.54, 1.807) is 62.3 Å². The molecule has 2 amide bonds. The van der Waals surface area contributed by atoms with Crippen LogP contribution in [0.5, 0.6) is 5.75 Å². The summed E-state index contributed by atoms with van der Waals surface area (Å²) in [4.78, 5) is 53.5. The van der Waals surface area contributed by atoms with Gasteiger partial charge in [-0.15, -0.1) is 0 Å². The van der Waals surface area contributed by atoms with Gasteiger partial charge >= 0.3 is 0 Å². The number of hydrogen-bond acceptors (Lipinski definition) is 7. The third-order valence-electron chi connectivity index (χ3n) is 8.01. The molecule has 0 radical (unpaired) electrons. The van der Waals surface area contributed by atoms with Crippen molar-refractivity contribution in [2.45, 2.75) is 45.2 Å². The lowest BCUT2D eigenvalue weighted by Gasteiger charge is -2.43. The van der Waals surface area contributed by atoms with E-state index in [1.165, 1.54) is 6.07 Å². The molecule has 41 heavy (non-hydrogen) atoms. The first-order valence-corrected chi connectivity index (χ1v) is 13.7. The van der Waals surface area contributed by atoms with Crippen molar-refractivity contribution < 1.29 is 23.2 Å². The Hall–Kier alpha value is -4.60. The first-order chi connectivity index (χ1) is 19.7. The third-order valence-corrected chi connectivity index (χ3v) is 8.01. The Morgan fingerprint density at radius 2 is 1.83 bits per heavy atom. The molecule has 10 nitrogen and oxygen atoms in total. The summed E-state index contributed by atoms with van der Waals surface area (Å²) in [7, 11) is 1.57. The van der Waals surface area contributed by atoms with Gasteiger partial charge in [0.1, 0.15) is 23.3 Å². The second kappa shape index (κ2) is 10.4. The number of hydrogen-bond donors (Lipinski definition) is 1. The Labute approximate surface area is 235 Å². The molecule has 4 aromatic rings. The zero-order valence-corrected chi connectivity index (χ0v) is 23.1. The van der Waals surface area contributed by atoms with E-state index < -0.39 is 11.9 Å². The zero-order valence-electron chi connectivity index (χ0n) is 23.1. The quantitative estimate of drug-likeness (QED) is 0.386. The number of piperidine rings is 1. The molecule has 3 atom stereocenters. The average molecular weight is 558 g/mol. The van der Waals surface area contributed by atoms with E-state index in [1.807, 2.05) is 10.6 Å². The predicted octanol–water partition coefficient (Wildman–Crippen LogP) is 3.22. The lowest BCUT2D eigenvalue weighted by molar-refractivity contribution is -0.138. The third kappa shape index (κ3) is 4.94. The molecular formula is C31H31N3O7. The van der Waals surface area contributed by atoms with Crippen LogP contribution in [0.2, 0.25) is 0 Å². The number of amides is 2. The normalized spacial score (nSPS) is 18.6. The van der Waals surface area contributed by atoms with E-state index in [0.29, 0.717) is 48.0 Å². The van der Waals surface area contributed by atoms with Gasteiger partial charge in [0, 0.05) is 48.9 Å². The van der Waals surface area contributed by atoms with Crippen LogP contribution in [0.15, 0.2) is 67.0 Å². The molecule has 5 heterocycles. The molecule has 1 saturated heterocycles. The maximum absolute atomic E-state index is 13.4. The number of aryl methyl sites for hydroxylation is 1. The average Bonchev–Trinajstić information content (AvgIpc) is 3.31. The molecule has 1 fully saturated rings. The van der Waals surface area contributed by atoms with E-state index in [0.717, 1.165) is 12.1 Å². The number of benzene rings is 1. The van der Waals surface area contributed by atoms with Crippen LogP contribution in [0.3, 0.4) is 0 Å². The van der Waals surface area contributed by atoms with Crippen LogP contribution in [-0.4, -0.2) is 47.5 Å². The Morgan fingerprint density at radius 1 is 1.05 bits per heavy atom. The van der Waals surface area contributed by atoms with Gasteiger partial charge in [-0.3, -0.25) is 19.2 Å². The molecule has 212 valence electrons. The van der Waals surface area contributed by atoms with Crippen molar-refractivity contribution >= 4 is 23.0 Å².